The smallest absolute Gasteiger partial charge is 0.326 e. The van der Waals surface area contributed by atoms with Crippen molar-refractivity contribution in [2.45, 2.75) is 38.5 Å². The highest BCUT2D eigenvalue weighted by Gasteiger charge is 2.29. The van der Waals surface area contributed by atoms with Gasteiger partial charge in [-0.3, -0.25) is 4.79 Å². The van der Waals surface area contributed by atoms with Gasteiger partial charge in [-0.05, 0) is 26.8 Å². The van der Waals surface area contributed by atoms with Gasteiger partial charge in [0, 0.05) is 11.8 Å². The minimum atomic E-state index is -1.28. The van der Waals surface area contributed by atoms with Crippen molar-refractivity contribution >= 4 is 5.97 Å². The van der Waals surface area contributed by atoms with Crippen LogP contribution in [0, 0.1) is 5.95 Å². The number of hydrogen-bond acceptors (Lipinski definition) is 5. The zero-order chi connectivity index (χ0) is 13.9. The lowest BCUT2D eigenvalue weighted by molar-refractivity contribution is -0.159. The molecule has 2 unspecified atom stereocenters. The fourth-order valence-electron chi connectivity index (χ4n) is 1.27. The first-order chi connectivity index (χ1) is 8.20. The zero-order valence-electron chi connectivity index (χ0n) is 10.6. The molecule has 0 aliphatic carbocycles. The SMILES string of the molecule is CC(C)(C)OC(=O)C(N)C(O)c1ccc(F)nc1. The van der Waals surface area contributed by atoms with Crippen LogP contribution in [0.5, 0.6) is 0 Å². The molecule has 0 fully saturated rings. The number of hydrogen-bond donors (Lipinski definition) is 2. The summed E-state index contributed by atoms with van der Waals surface area (Å²) in [5, 5.41) is 9.86. The van der Waals surface area contributed by atoms with Gasteiger partial charge in [0.15, 0.2) is 0 Å². The number of esters is 1. The molecule has 1 rings (SSSR count). The number of nitrogens with two attached hydrogens (primary N) is 1. The van der Waals surface area contributed by atoms with Gasteiger partial charge in [-0.15, -0.1) is 0 Å². The Morgan fingerprint density at radius 2 is 2.11 bits per heavy atom. The molecule has 1 aromatic rings. The molecule has 3 N–H and O–H groups in total. The molecule has 18 heavy (non-hydrogen) atoms. The number of pyridine rings is 1. The van der Waals surface area contributed by atoms with E-state index in [1.165, 1.54) is 6.07 Å². The third-order valence-electron chi connectivity index (χ3n) is 2.11. The molecule has 0 saturated carbocycles. The topological polar surface area (TPSA) is 85.4 Å². The number of ether oxygens (including phenoxy) is 1. The van der Waals surface area contributed by atoms with Crippen LogP contribution >= 0.6 is 0 Å². The number of carbonyl (C=O) groups excluding carboxylic acids is 1. The van der Waals surface area contributed by atoms with E-state index in [-0.39, 0.29) is 5.56 Å². The Labute approximate surface area is 105 Å². The van der Waals surface area contributed by atoms with Crippen LogP contribution in [0.15, 0.2) is 18.3 Å². The van der Waals surface area contributed by atoms with E-state index in [0.717, 1.165) is 12.3 Å². The van der Waals surface area contributed by atoms with Crippen molar-refractivity contribution in [3.8, 4) is 0 Å². The molecule has 0 spiro atoms. The Morgan fingerprint density at radius 1 is 1.50 bits per heavy atom. The van der Waals surface area contributed by atoms with Gasteiger partial charge in [-0.25, -0.2) is 4.98 Å². The van der Waals surface area contributed by atoms with Crippen molar-refractivity contribution in [2.24, 2.45) is 5.73 Å². The van der Waals surface area contributed by atoms with E-state index in [1.54, 1.807) is 20.8 Å². The van der Waals surface area contributed by atoms with Gasteiger partial charge in [0.25, 0.3) is 0 Å². The lowest BCUT2D eigenvalue weighted by atomic mass is 10.0. The van der Waals surface area contributed by atoms with Crippen LogP contribution in [0.4, 0.5) is 4.39 Å². The molecule has 0 aliphatic heterocycles. The van der Waals surface area contributed by atoms with E-state index in [9.17, 15) is 14.3 Å². The van der Waals surface area contributed by atoms with Gasteiger partial charge in [0.05, 0.1) is 0 Å². The highest BCUT2D eigenvalue weighted by atomic mass is 19.1. The summed E-state index contributed by atoms with van der Waals surface area (Å²) in [6.07, 6.45) is -0.155. The standard InChI is InChI=1S/C12H17FN2O3/c1-12(2,3)18-11(17)9(14)10(16)7-4-5-8(13)15-6-7/h4-6,9-10,16H,14H2,1-3H3. The number of aliphatic hydroxyl groups excluding tert-OH is 1. The van der Waals surface area contributed by atoms with Gasteiger partial charge in [-0.2, -0.15) is 4.39 Å². The summed E-state index contributed by atoms with van der Waals surface area (Å²) in [4.78, 5) is 15.0. The molecule has 0 radical (unpaired) electrons. The van der Waals surface area contributed by atoms with E-state index >= 15 is 0 Å². The summed E-state index contributed by atoms with van der Waals surface area (Å²) in [7, 11) is 0. The fraction of sp³-hybridized carbons (Fsp3) is 0.500. The Morgan fingerprint density at radius 3 is 2.56 bits per heavy atom. The van der Waals surface area contributed by atoms with Crippen LogP contribution in [-0.2, 0) is 9.53 Å². The summed E-state index contributed by atoms with van der Waals surface area (Å²) in [6.45, 7) is 5.09. The number of rotatable bonds is 3. The van der Waals surface area contributed by atoms with Crippen LogP contribution in [0.25, 0.3) is 0 Å². The highest BCUT2D eigenvalue weighted by Crippen LogP contribution is 2.18. The van der Waals surface area contributed by atoms with Crippen LogP contribution in [-0.4, -0.2) is 27.7 Å². The monoisotopic (exact) mass is 256 g/mol. The van der Waals surface area contributed by atoms with E-state index in [2.05, 4.69) is 4.98 Å². The van der Waals surface area contributed by atoms with Crippen molar-refractivity contribution in [2.75, 3.05) is 0 Å². The predicted octanol–water partition coefficient (Wildman–Crippen LogP) is 0.923. The van der Waals surface area contributed by atoms with Crippen molar-refractivity contribution in [3.63, 3.8) is 0 Å². The first-order valence-electron chi connectivity index (χ1n) is 5.48. The van der Waals surface area contributed by atoms with Crippen molar-refractivity contribution < 1.29 is 19.0 Å². The molecule has 1 aromatic heterocycles. The molecule has 0 amide bonds. The fourth-order valence-corrected chi connectivity index (χ4v) is 1.27. The third-order valence-corrected chi connectivity index (χ3v) is 2.11. The Bertz CT molecular complexity index is 414. The van der Waals surface area contributed by atoms with Crippen molar-refractivity contribution in [1.82, 2.24) is 4.98 Å². The second kappa shape index (κ2) is 5.41. The summed E-state index contributed by atoms with van der Waals surface area (Å²) in [5.41, 5.74) is 5.17. The van der Waals surface area contributed by atoms with Crippen LogP contribution in [0.2, 0.25) is 0 Å². The molecular weight excluding hydrogens is 239 g/mol. The van der Waals surface area contributed by atoms with Crippen LogP contribution in [0.3, 0.4) is 0 Å². The largest absolute Gasteiger partial charge is 0.459 e. The third kappa shape index (κ3) is 4.05. The van der Waals surface area contributed by atoms with Crippen molar-refractivity contribution in [1.29, 1.82) is 0 Å². The first-order valence-corrected chi connectivity index (χ1v) is 5.48. The Balaban J connectivity index is 2.74. The van der Waals surface area contributed by atoms with Gasteiger partial charge < -0.3 is 15.6 Å². The summed E-state index contributed by atoms with van der Waals surface area (Å²) >= 11 is 0. The average Bonchev–Trinajstić information content (AvgIpc) is 2.26. The molecule has 6 heteroatoms. The quantitative estimate of drug-likeness (QED) is 0.620. The van der Waals surface area contributed by atoms with Crippen LogP contribution in [0.1, 0.15) is 32.4 Å². The van der Waals surface area contributed by atoms with Gasteiger partial charge in [0.2, 0.25) is 5.95 Å². The number of aromatic nitrogens is 1. The van der Waals surface area contributed by atoms with Crippen LogP contribution < -0.4 is 5.73 Å². The summed E-state index contributed by atoms with van der Waals surface area (Å²) < 4.78 is 17.7. The van der Waals surface area contributed by atoms with E-state index in [4.69, 9.17) is 10.5 Å². The predicted molar refractivity (Wildman–Crippen MR) is 63.0 cm³/mol. The molecule has 100 valence electrons. The molecule has 0 saturated heterocycles. The second-order valence-corrected chi connectivity index (χ2v) is 4.92. The Hall–Kier alpha value is -1.53. The number of halogens is 1. The molecule has 2 atom stereocenters. The highest BCUT2D eigenvalue weighted by molar-refractivity contribution is 5.76. The maximum Gasteiger partial charge on any atom is 0.326 e. The summed E-state index contributed by atoms with van der Waals surface area (Å²) in [6, 6.07) is 1.16. The zero-order valence-corrected chi connectivity index (χ0v) is 10.6. The van der Waals surface area contributed by atoms with E-state index in [1.807, 2.05) is 0 Å². The van der Waals surface area contributed by atoms with E-state index < -0.39 is 29.7 Å². The molecule has 1 heterocycles. The lowest BCUT2D eigenvalue weighted by Gasteiger charge is -2.24. The van der Waals surface area contributed by atoms with Gasteiger partial charge >= 0.3 is 5.97 Å². The minimum Gasteiger partial charge on any atom is -0.459 e. The lowest BCUT2D eigenvalue weighted by Crippen LogP contribution is -2.41. The maximum absolute atomic E-state index is 12.6. The molecule has 0 aromatic carbocycles. The minimum absolute atomic E-state index is 0.259. The maximum atomic E-state index is 12.6. The molecule has 0 aliphatic rings. The second-order valence-electron chi connectivity index (χ2n) is 4.92. The number of nitrogens with zero attached hydrogens (tertiary/aromatic N) is 1. The van der Waals surface area contributed by atoms with Gasteiger partial charge in [-0.1, -0.05) is 6.07 Å². The molecule has 0 bridgehead atoms. The number of aliphatic hydroxyl groups is 1. The first kappa shape index (κ1) is 14.5. The average molecular weight is 256 g/mol. The summed E-state index contributed by atoms with van der Waals surface area (Å²) in [5.74, 6) is -1.39. The Kier molecular flexibility index (Phi) is 4.37. The molecular formula is C12H17FN2O3. The van der Waals surface area contributed by atoms with Gasteiger partial charge in [0.1, 0.15) is 17.7 Å². The number of carbonyl (C=O) groups is 1. The van der Waals surface area contributed by atoms with E-state index in [0.29, 0.717) is 0 Å². The van der Waals surface area contributed by atoms with Crippen molar-refractivity contribution in [3.05, 3.63) is 29.8 Å². The normalized spacial score (nSPS) is 15.0. The molecule has 5 nitrogen and oxygen atoms in total.